The van der Waals surface area contributed by atoms with Gasteiger partial charge in [-0.05, 0) is 37.1 Å². The molecule has 19 heavy (non-hydrogen) atoms. The second-order valence-corrected chi connectivity index (χ2v) is 5.40. The highest BCUT2D eigenvalue weighted by atomic mass is 16.3. The predicted molar refractivity (Wildman–Crippen MR) is 75.9 cm³/mol. The first-order valence-electron chi connectivity index (χ1n) is 6.97. The van der Waals surface area contributed by atoms with E-state index >= 15 is 0 Å². The zero-order valence-electron chi connectivity index (χ0n) is 11.2. The number of aromatic hydroxyl groups is 1. The monoisotopic (exact) mass is 262 g/mol. The number of phenolic OH excluding ortho intramolecular Hbond substituents is 1. The molecule has 0 saturated heterocycles. The van der Waals surface area contributed by atoms with E-state index in [4.69, 9.17) is 5.73 Å². The minimum Gasteiger partial charge on any atom is -0.508 e. The third-order valence-corrected chi connectivity index (χ3v) is 4.06. The fourth-order valence-electron chi connectivity index (χ4n) is 2.74. The Labute approximate surface area is 114 Å². The van der Waals surface area contributed by atoms with Crippen LogP contribution in [0.2, 0.25) is 0 Å². The number of phenols is 1. The molecule has 0 bridgehead atoms. The summed E-state index contributed by atoms with van der Waals surface area (Å²) in [5.41, 5.74) is 6.17. The Kier molecular flexibility index (Phi) is 4.43. The zero-order chi connectivity index (χ0) is 13.7. The largest absolute Gasteiger partial charge is 0.508 e. The molecule has 1 fully saturated rings. The van der Waals surface area contributed by atoms with Gasteiger partial charge in [0.1, 0.15) is 5.75 Å². The second-order valence-electron chi connectivity index (χ2n) is 5.40. The van der Waals surface area contributed by atoms with Crippen LogP contribution in [0.3, 0.4) is 0 Å². The summed E-state index contributed by atoms with van der Waals surface area (Å²) in [5.74, 6) is 0.212. The molecule has 104 valence electrons. The van der Waals surface area contributed by atoms with Crippen molar-refractivity contribution < 1.29 is 9.90 Å². The van der Waals surface area contributed by atoms with Gasteiger partial charge in [-0.25, -0.2) is 0 Å². The van der Waals surface area contributed by atoms with Crippen molar-refractivity contribution in [1.82, 2.24) is 0 Å². The van der Waals surface area contributed by atoms with Crippen LogP contribution in [-0.4, -0.2) is 17.6 Å². The predicted octanol–water partition coefficient (Wildman–Crippen LogP) is 2.63. The van der Waals surface area contributed by atoms with Gasteiger partial charge in [0.05, 0.1) is 5.41 Å². The number of nitrogens with one attached hydrogen (secondary N) is 1. The van der Waals surface area contributed by atoms with Crippen LogP contribution >= 0.6 is 0 Å². The molecule has 0 heterocycles. The van der Waals surface area contributed by atoms with Crippen molar-refractivity contribution in [3.63, 3.8) is 0 Å². The molecule has 4 heteroatoms. The van der Waals surface area contributed by atoms with Crippen LogP contribution in [0.25, 0.3) is 0 Å². The topological polar surface area (TPSA) is 75.4 Å². The molecule has 1 amide bonds. The van der Waals surface area contributed by atoms with E-state index < -0.39 is 5.41 Å². The number of nitrogens with two attached hydrogens (primary N) is 1. The summed E-state index contributed by atoms with van der Waals surface area (Å²) in [7, 11) is 0. The van der Waals surface area contributed by atoms with E-state index in [2.05, 4.69) is 5.32 Å². The smallest absolute Gasteiger partial charge is 0.231 e. The van der Waals surface area contributed by atoms with Crippen LogP contribution in [0.15, 0.2) is 24.3 Å². The van der Waals surface area contributed by atoms with Crippen molar-refractivity contribution in [2.75, 3.05) is 11.9 Å². The van der Waals surface area contributed by atoms with E-state index in [9.17, 15) is 9.90 Å². The molecular weight excluding hydrogens is 240 g/mol. The van der Waals surface area contributed by atoms with Gasteiger partial charge in [0.25, 0.3) is 0 Å². The molecule has 0 aliphatic heterocycles. The minimum absolute atomic E-state index is 0.0163. The lowest BCUT2D eigenvalue weighted by atomic mass is 9.79. The molecule has 1 aromatic carbocycles. The molecule has 1 aliphatic carbocycles. The Bertz CT molecular complexity index is 420. The van der Waals surface area contributed by atoms with Crippen LogP contribution < -0.4 is 11.1 Å². The Hall–Kier alpha value is -1.55. The summed E-state index contributed by atoms with van der Waals surface area (Å²) >= 11 is 0. The highest BCUT2D eigenvalue weighted by Gasteiger charge is 2.37. The number of hydrogen-bond acceptors (Lipinski definition) is 3. The van der Waals surface area contributed by atoms with Gasteiger partial charge < -0.3 is 16.2 Å². The van der Waals surface area contributed by atoms with Crippen LogP contribution in [0, 0.1) is 5.41 Å². The molecule has 1 aliphatic rings. The Morgan fingerprint density at radius 2 is 1.74 bits per heavy atom. The van der Waals surface area contributed by atoms with E-state index in [1.54, 1.807) is 24.3 Å². The van der Waals surface area contributed by atoms with Gasteiger partial charge in [0, 0.05) is 12.2 Å². The van der Waals surface area contributed by atoms with Crippen molar-refractivity contribution in [2.24, 2.45) is 11.1 Å². The van der Waals surface area contributed by atoms with Crippen molar-refractivity contribution in [3.8, 4) is 5.75 Å². The van der Waals surface area contributed by atoms with Gasteiger partial charge in [0.2, 0.25) is 5.91 Å². The summed E-state index contributed by atoms with van der Waals surface area (Å²) in [4.78, 5) is 12.5. The third-order valence-electron chi connectivity index (χ3n) is 4.06. The maximum Gasteiger partial charge on any atom is 0.231 e. The molecule has 4 nitrogen and oxygen atoms in total. The minimum atomic E-state index is -0.422. The van der Waals surface area contributed by atoms with Crippen molar-refractivity contribution >= 4 is 11.6 Å². The molecule has 0 unspecified atom stereocenters. The lowest BCUT2D eigenvalue weighted by molar-refractivity contribution is -0.125. The molecule has 2 rings (SSSR count). The summed E-state index contributed by atoms with van der Waals surface area (Å²) in [6, 6.07) is 6.54. The Morgan fingerprint density at radius 1 is 1.16 bits per heavy atom. The van der Waals surface area contributed by atoms with Gasteiger partial charge in [0.15, 0.2) is 0 Å². The third kappa shape index (κ3) is 3.26. The van der Waals surface area contributed by atoms with E-state index in [0.717, 1.165) is 25.7 Å². The molecule has 0 aromatic heterocycles. The van der Waals surface area contributed by atoms with Crippen LogP contribution in [0.1, 0.15) is 38.5 Å². The van der Waals surface area contributed by atoms with Crippen molar-refractivity contribution in [1.29, 1.82) is 0 Å². The molecule has 0 spiro atoms. The molecule has 0 radical (unpaired) electrons. The van der Waals surface area contributed by atoms with Crippen LogP contribution in [0.5, 0.6) is 5.75 Å². The highest BCUT2D eigenvalue weighted by Crippen LogP contribution is 2.35. The standard InChI is InChI=1S/C15H22N2O2/c16-11-15(9-3-1-2-4-10-15)14(19)17-12-5-7-13(18)8-6-12/h5-8,18H,1-4,9-11,16H2,(H,17,19). The summed E-state index contributed by atoms with van der Waals surface area (Å²) < 4.78 is 0. The number of carbonyl (C=O) groups is 1. The number of hydrogen-bond donors (Lipinski definition) is 3. The van der Waals surface area contributed by atoms with Crippen molar-refractivity contribution in [3.05, 3.63) is 24.3 Å². The normalized spacial score (nSPS) is 18.6. The average molecular weight is 262 g/mol. The van der Waals surface area contributed by atoms with E-state index in [1.807, 2.05) is 0 Å². The fraction of sp³-hybridized carbons (Fsp3) is 0.533. The molecule has 1 saturated carbocycles. The lowest BCUT2D eigenvalue weighted by Crippen LogP contribution is -2.42. The SMILES string of the molecule is NCC1(C(=O)Nc2ccc(O)cc2)CCCCCC1. The van der Waals surface area contributed by atoms with Gasteiger partial charge >= 0.3 is 0 Å². The van der Waals surface area contributed by atoms with E-state index in [1.165, 1.54) is 12.8 Å². The number of amides is 1. The van der Waals surface area contributed by atoms with Crippen molar-refractivity contribution in [2.45, 2.75) is 38.5 Å². The van der Waals surface area contributed by atoms with Gasteiger partial charge in [-0.2, -0.15) is 0 Å². The van der Waals surface area contributed by atoms with Gasteiger partial charge in [-0.3, -0.25) is 4.79 Å². The fourth-order valence-corrected chi connectivity index (χ4v) is 2.74. The average Bonchev–Trinajstić information content (AvgIpc) is 2.67. The maximum absolute atomic E-state index is 12.5. The van der Waals surface area contributed by atoms with Gasteiger partial charge in [-0.15, -0.1) is 0 Å². The molecule has 4 N–H and O–H groups in total. The first-order valence-corrected chi connectivity index (χ1v) is 6.97. The zero-order valence-corrected chi connectivity index (χ0v) is 11.2. The van der Waals surface area contributed by atoms with E-state index in [-0.39, 0.29) is 11.7 Å². The summed E-state index contributed by atoms with van der Waals surface area (Å²) in [6.45, 7) is 0.400. The number of anilines is 1. The Balaban J connectivity index is 2.09. The Morgan fingerprint density at radius 3 is 2.26 bits per heavy atom. The first-order chi connectivity index (χ1) is 9.16. The molecule has 1 aromatic rings. The number of carbonyl (C=O) groups excluding carboxylic acids is 1. The summed E-state index contributed by atoms with van der Waals surface area (Å²) in [5, 5.41) is 12.2. The molecule has 0 atom stereocenters. The maximum atomic E-state index is 12.5. The highest BCUT2D eigenvalue weighted by molar-refractivity contribution is 5.95. The quantitative estimate of drug-likeness (QED) is 0.579. The van der Waals surface area contributed by atoms with Gasteiger partial charge in [-0.1, -0.05) is 25.7 Å². The number of rotatable bonds is 3. The molecular formula is C15H22N2O2. The number of benzene rings is 1. The van der Waals surface area contributed by atoms with Crippen LogP contribution in [0.4, 0.5) is 5.69 Å². The first kappa shape index (κ1) is 13.9. The van der Waals surface area contributed by atoms with Crippen LogP contribution in [-0.2, 0) is 4.79 Å². The summed E-state index contributed by atoms with van der Waals surface area (Å²) in [6.07, 6.45) is 6.25. The lowest BCUT2D eigenvalue weighted by Gasteiger charge is -2.29. The van der Waals surface area contributed by atoms with E-state index in [0.29, 0.717) is 12.2 Å². The second kappa shape index (κ2) is 6.06.